The first-order valence-corrected chi connectivity index (χ1v) is 10.3. The number of allylic oxidation sites excluding steroid dienone is 2. The molecule has 2 aliphatic rings. The SMILES string of the molecule is CCS(=O)(=O)NCC1=CC(c2nc3cc(F)c(F)cc3n2C2CC2)=CNN1. The number of benzene rings is 1. The zero-order valence-electron chi connectivity index (χ0n) is 14.6. The molecule has 1 fully saturated rings. The number of nitrogens with one attached hydrogen (secondary N) is 3. The summed E-state index contributed by atoms with van der Waals surface area (Å²) in [7, 11) is -3.32. The number of hydrogen-bond acceptors (Lipinski definition) is 5. The van der Waals surface area contributed by atoms with Gasteiger partial charge in [0.05, 0.1) is 23.3 Å². The minimum atomic E-state index is -3.32. The van der Waals surface area contributed by atoms with Gasteiger partial charge in [-0.15, -0.1) is 0 Å². The Bertz CT molecular complexity index is 1070. The number of aromatic nitrogens is 2. The van der Waals surface area contributed by atoms with Crippen LogP contribution in [0.5, 0.6) is 0 Å². The monoisotopic (exact) mass is 395 g/mol. The molecule has 0 saturated heterocycles. The first-order valence-electron chi connectivity index (χ1n) is 8.65. The molecule has 0 unspecified atom stereocenters. The lowest BCUT2D eigenvalue weighted by molar-refractivity contribution is 0.510. The van der Waals surface area contributed by atoms with E-state index in [0.29, 0.717) is 28.1 Å². The Kier molecular flexibility index (Phi) is 4.39. The Labute approximate surface area is 155 Å². The quantitative estimate of drug-likeness (QED) is 0.696. The van der Waals surface area contributed by atoms with Crippen molar-refractivity contribution in [2.24, 2.45) is 0 Å². The molecule has 10 heteroatoms. The first-order chi connectivity index (χ1) is 12.9. The van der Waals surface area contributed by atoms with Gasteiger partial charge in [-0.1, -0.05) is 0 Å². The van der Waals surface area contributed by atoms with Crippen LogP contribution in [0, 0.1) is 11.6 Å². The molecule has 1 aromatic carbocycles. The molecule has 27 heavy (non-hydrogen) atoms. The highest BCUT2D eigenvalue weighted by Crippen LogP contribution is 2.40. The molecule has 1 aromatic heterocycles. The second-order valence-electron chi connectivity index (χ2n) is 6.55. The van der Waals surface area contributed by atoms with E-state index in [0.717, 1.165) is 18.9 Å². The van der Waals surface area contributed by atoms with Crippen LogP contribution in [0.3, 0.4) is 0 Å². The predicted molar refractivity (Wildman–Crippen MR) is 97.7 cm³/mol. The molecule has 0 atom stereocenters. The number of sulfonamides is 1. The lowest BCUT2D eigenvalue weighted by Gasteiger charge is -2.18. The highest BCUT2D eigenvalue weighted by atomic mass is 32.2. The minimum absolute atomic E-state index is 0.00892. The van der Waals surface area contributed by atoms with Gasteiger partial charge in [0.2, 0.25) is 10.0 Å². The molecular formula is C17H19F2N5O2S. The maximum Gasteiger partial charge on any atom is 0.211 e. The largest absolute Gasteiger partial charge is 0.321 e. The van der Waals surface area contributed by atoms with Crippen molar-refractivity contribution in [3.05, 3.63) is 47.6 Å². The van der Waals surface area contributed by atoms with Gasteiger partial charge in [-0.25, -0.2) is 26.9 Å². The fraction of sp³-hybridized carbons (Fsp3) is 0.353. The van der Waals surface area contributed by atoms with Crippen LogP contribution in [-0.2, 0) is 10.0 Å². The Balaban J connectivity index is 1.71. The lowest BCUT2D eigenvalue weighted by atomic mass is 10.2. The molecule has 0 spiro atoms. The van der Waals surface area contributed by atoms with E-state index in [1.165, 1.54) is 6.07 Å². The van der Waals surface area contributed by atoms with E-state index in [1.807, 2.05) is 4.57 Å². The zero-order valence-corrected chi connectivity index (χ0v) is 15.4. The molecule has 2 aromatic rings. The highest BCUT2D eigenvalue weighted by Gasteiger charge is 2.30. The van der Waals surface area contributed by atoms with Crippen LogP contribution in [0.4, 0.5) is 8.78 Å². The Hall–Kier alpha value is -2.46. The number of imidazole rings is 1. The predicted octanol–water partition coefficient (Wildman–Crippen LogP) is 1.92. The van der Waals surface area contributed by atoms with E-state index >= 15 is 0 Å². The van der Waals surface area contributed by atoms with Gasteiger partial charge in [0.15, 0.2) is 11.6 Å². The summed E-state index contributed by atoms with van der Waals surface area (Å²) < 4.78 is 55.0. The summed E-state index contributed by atoms with van der Waals surface area (Å²) in [6.45, 7) is 1.65. The molecule has 4 rings (SSSR count). The van der Waals surface area contributed by atoms with Gasteiger partial charge in [-0.05, 0) is 25.8 Å². The Morgan fingerprint density at radius 3 is 2.74 bits per heavy atom. The maximum atomic E-state index is 13.7. The fourth-order valence-electron chi connectivity index (χ4n) is 2.98. The van der Waals surface area contributed by atoms with Crippen LogP contribution in [0.25, 0.3) is 16.6 Å². The summed E-state index contributed by atoms with van der Waals surface area (Å²) in [5.41, 5.74) is 8.00. The van der Waals surface area contributed by atoms with E-state index in [2.05, 4.69) is 20.6 Å². The average Bonchev–Trinajstić information content (AvgIpc) is 3.43. The Morgan fingerprint density at radius 2 is 2.04 bits per heavy atom. The average molecular weight is 395 g/mol. The summed E-state index contributed by atoms with van der Waals surface area (Å²) in [5, 5.41) is 0. The van der Waals surface area contributed by atoms with E-state index in [-0.39, 0.29) is 18.3 Å². The first kappa shape index (κ1) is 17.9. The molecular weight excluding hydrogens is 376 g/mol. The second-order valence-corrected chi connectivity index (χ2v) is 8.65. The van der Waals surface area contributed by atoms with Gasteiger partial charge in [-0.3, -0.25) is 0 Å². The molecule has 0 radical (unpaired) electrons. The summed E-state index contributed by atoms with van der Waals surface area (Å²) in [6.07, 6.45) is 5.35. The van der Waals surface area contributed by atoms with Gasteiger partial charge in [0.25, 0.3) is 0 Å². The van der Waals surface area contributed by atoms with Crippen molar-refractivity contribution < 1.29 is 17.2 Å². The molecule has 2 heterocycles. The van der Waals surface area contributed by atoms with Gasteiger partial charge in [0, 0.05) is 35.6 Å². The molecule has 1 aliphatic heterocycles. The van der Waals surface area contributed by atoms with E-state index < -0.39 is 21.7 Å². The summed E-state index contributed by atoms with van der Waals surface area (Å²) in [4.78, 5) is 4.50. The summed E-state index contributed by atoms with van der Waals surface area (Å²) >= 11 is 0. The molecule has 1 aliphatic carbocycles. The molecule has 7 nitrogen and oxygen atoms in total. The molecule has 144 valence electrons. The number of rotatable bonds is 6. The van der Waals surface area contributed by atoms with Crippen LogP contribution < -0.4 is 15.6 Å². The van der Waals surface area contributed by atoms with Crippen LogP contribution in [0.15, 0.2) is 30.1 Å². The summed E-state index contributed by atoms with van der Waals surface area (Å²) in [5.74, 6) is -1.26. The van der Waals surface area contributed by atoms with Crippen molar-refractivity contribution in [1.29, 1.82) is 0 Å². The van der Waals surface area contributed by atoms with Crippen LogP contribution in [-0.4, -0.2) is 30.3 Å². The van der Waals surface area contributed by atoms with E-state index in [9.17, 15) is 17.2 Å². The standard InChI is InChI=1S/C17H19F2N5O2S/c1-2-27(25,26)21-9-11-5-10(8-20-23-11)17-22-15-6-13(18)14(19)7-16(15)24(17)12-3-4-12/h5-8,12,20-21,23H,2-4,9H2,1H3. The molecule has 0 bridgehead atoms. The van der Waals surface area contributed by atoms with E-state index in [4.69, 9.17) is 0 Å². The van der Waals surface area contributed by atoms with Crippen LogP contribution in [0.1, 0.15) is 31.6 Å². The Morgan fingerprint density at radius 1 is 1.30 bits per heavy atom. The smallest absolute Gasteiger partial charge is 0.211 e. The van der Waals surface area contributed by atoms with Gasteiger partial charge in [-0.2, -0.15) is 0 Å². The number of hydrogen-bond donors (Lipinski definition) is 3. The molecule has 0 amide bonds. The minimum Gasteiger partial charge on any atom is -0.321 e. The zero-order chi connectivity index (χ0) is 19.2. The third-order valence-electron chi connectivity index (χ3n) is 4.55. The lowest BCUT2D eigenvalue weighted by Crippen LogP contribution is -2.37. The number of halogens is 2. The van der Waals surface area contributed by atoms with Crippen molar-refractivity contribution in [2.75, 3.05) is 12.3 Å². The van der Waals surface area contributed by atoms with Crippen molar-refractivity contribution in [3.63, 3.8) is 0 Å². The third kappa shape index (κ3) is 3.54. The van der Waals surface area contributed by atoms with Gasteiger partial charge >= 0.3 is 0 Å². The van der Waals surface area contributed by atoms with Gasteiger partial charge < -0.3 is 15.4 Å². The molecule has 1 saturated carbocycles. The van der Waals surface area contributed by atoms with Crippen LogP contribution >= 0.6 is 0 Å². The maximum absolute atomic E-state index is 13.7. The van der Waals surface area contributed by atoms with Crippen LogP contribution in [0.2, 0.25) is 0 Å². The second kappa shape index (κ2) is 6.61. The number of hydrazine groups is 1. The fourth-order valence-corrected chi connectivity index (χ4v) is 3.56. The van der Waals surface area contributed by atoms with Gasteiger partial charge in [0.1, 0.15) is 5.82 Å². The normalized spacial score (nSPS) is 17.3. The van der Waals surface area contributed by atoms with Crippen molar-refractivity contribution in [2.45, 2.75) is 25.8 Å². The topological polar surface area (TPSA) is 88.0 Å². The summed E-state index contributed by atoms with van der Waals surface area (Å²) in [6, 6.07) is 2.47. The van der Waals surface area contributed by atoms with Crippen molar-refractivity contribution in [1.82, 2.24) is 25.1 Å². The van der Waals surface area contributed by atoms with Crippen molar-refractivity contribution in [3.8, 4) is 0 Å². The third-order valence-corrected chi connectivity index (χ3v) is 5.90. The van der Waals surface area contributed by atoms with Crippen molar-refractivity contribution >= 4 is 26.6 Å². The number of fused-ring (bicyclic) bond motifs is 1. The van der Waals surface area contributed by atoms with E-state index in [1.54, 1.807) is 19.2 Å². The molecule has 3 N–H and O–H groups in total. The highest BCUT2D eigenvalue weighted by molar-refractivity contribution is 7.89. The number of nitrogens with zero attached hydrogens (tertiary/aromatic N) is 2.